The number of halogens is 1. The summed E-state index contributed by atoms with van der Waals surface area (Å²) in [7, 11) is 1.72. The highest BCUT2D eigenvalue weighted by Gasteiger charge is 2.54. The molecular formula is C23H25FN4O5. The first-order valence-corrected chi connectivity index (χ1v) is 11.1. The lowest BCUT2D eigenvalue weighted by Crippen LogP contribution is -2.48. The number of fused-ring (bicyclic) bond motifs is 1. The molecule has 2 aliphatic heterocycles. The number of allylic oxidation sites excluding steroid dienone is 1. The number of aromatic nitrogens is 1. The molecular weight excluding hydrogens is 431 g/mol. The number of hydrogen-bond acceptors (Lipinski definition) is 7. The summed E-state index contributed by atoms with van der Waals surface area (Å²) in [6, 6.07) is 1.16. The summed E-state index contributed by atoms with van der Waals surface area (Å²) in [4.78, 5) is 26.0. The molecule has 2 aromatic rings. The average Bonchev–Trinajstić information content (AvgIpc) is 3.26. The Hall–Kier alpha value is -3.27. The van der Waals surface area contributed by atoms with Gasteiger partial charge in [-0.15, -0.1) is 0 Å². The number of carbonyl (C=O) groups is 1. The van der Waals surface area contributed by atoms with E-state index >= 15 is 4.39 Å². The van der Waals surface area contributed by atoms with E-state index in [1.807, 2.05) is 4.90 Å². The standard InChI is InChI=1S/C23H25FN4O5/c1-26-11-32-21-18-13(20(29)17(9-28(18)26)33-22(30)31)6-16(24)19(21)27-7-14-12-2-4-23(10-25,5-3-12)15(14)8-27/h2,4,6,9,12,14-15H,3,5,7-8,10-11,25H2,1H3,(H,30,31). The van der Waals surface area contributed by atoms with Crippen LogP contribution in [0.5, 0.6) is 11.5 Å². The summed E-state index contributed by atoms with van der Waals surface area (Å²) in [6.07, 6.45) is 6.42. The summed E-state index contributed by atoms with van der Waals surface area (Å²) in [6.45, 7) is 2.04. The zero-order chi connectivity index (χ0) is 23.1. The largest absolute Gasteiger partial charge is 0.511 e. The lowest BCUT2D eigenvalue weighted by atomic mass is 9.55. The van der Waals surface area contributed by atoms with Gasteiger partial charge in [-0.2, -0.15) is 0 Å². The zero-order valence-electron chi connectivity index (χ0n) is 18.2. The molecule has 10 heteroatoms. The fraction of sp³-hybridized carbons (Fsp3) is 0.478. The predicted octanol–water partition coefficient (Wildman–Crippen LogP) is 2.09. The zero-order valence-corrected chi connectivity index (χ0v) is 18.2. The van der Waals surface area contributed by atoms with Crippen LogP contribution in [0.4, 0.5) is 14.9 Å². The van der Waals surface area contributed by atoms with Crippen molar-refractivity contribution in [2.45, 2.75) is 12.8 Å². The molecule has 3 N–H and O–H groups in total. The summed E-state index contributed by atoms with van der Waals surface area (Å²) in [5, 5.41) is 10.7. The number of carboxylic acid groups (broad SMARTS) is 1. The quantitative estimate of drug-likeness (QED) is 0.534. The normalized spacial score (nSPS) is 29.4. The smallest absolute Gasteiger partial charge is 0.467 e. The molecule has 9 nitrogen and oxygen atoms in total. The van der Waals surface area contributed by atoms with Crippen LogP contribution in [0.15, 0.2) is 29.2 Å². The highest BCUT2D eigenvalue weighted by Crippen LogP contribution is 2.56. The third kappa shape index (κ3) is 2.73. The van der Waals surface area contributed by atoms with Crippen molar-refractivity contribution >= 4 is 22.7 Å². The highest BCUT2D eigenvalue weighted by atomic mass is 19.1. The van der Waals surface area contributed by atoms with Gasteiger partial charge in [-0.05, 0) is 36.7 Å². The van der Waals surface area contributed by atoms with E-state index in [9.17, 15) is 9.59 Å². The second-order valence-electron chi connectivity index (χ2n) is 9.57. The Balaban J connectivity index is 1.50. The Kier molecular flexibility index (Phi) is 4.23. The first-order chi connectivity index (χ1) is 15.8. The van der Waals surface area contributed by atoms with Crippen molar-refractivity contribution in [2.75, 3.05) is 43.3 Å². The predicted molar refractivity (Wildman–Crippen MR) is 119 cm³/mol. The third-order valence-electron chi connectivity index (χ3n) is 8.05. The van der Waals surface area contributed by atoms with Crippen LogP contribution in [0.3, 0.4) is 0 Å². The minimum absolute atomic E-state index is 0.00771. The molecule has 174 valence electrons. The van der Waals surface area contributed by atoms with E-state index in [0.29, 0.717) is 54.3 Å². The van der Waals surface area contributed by atoms with Crippen molar-refractivity contribution in [3.63, 3.8) is 0 Å². The first-order valence-electron chi connectivity index (χ1n) is 11.1. The van der Waals surface area contributed by atoms with Crippen LogP contribution in [-0.2, 0) is 0 Å². The van der Waals surface area contributed by atoms with E-state index in [-0.39, 0.29) is 23.3 Å². The molecule has 1 saturated heterocycles. The van der Waals surface area contributed by atoms with Gasteiger partial charge in [0.15, 0.2) is 18.3 Å². The Morgan fingerprint density at radius 1 is 1.42 bits per heavy atom. The fourth-order valence-electron chi connectivity index (χ4n) is 6.43. The van der Waals surface area contributed by atoms with Crippen LogP contribution in [-0.4, -0.2) is 49.4 Å². The molecule has 1 saturated carbocycles. The lowest BCUT2D eigenvalue weighted by molar-refractivity contribution is 0.0798. The van der Waals surface area contributed by atoms with Gasteiger partial charge in [0.25, 0.3) is 0 Å². The molecule has 1 aromatic heterocycles. The number of ether oxygens (including phenoxy) is 2. The van der Waals surface area contributed by atoms with Crippen molar-refractivity contribution in [2.24, 2.45) is 28.9 Å². The summed E-state index contributed by atoms with van der Waals surface area (Å²) in [5.41, 5.74) is 6.21. The number of nitrogens with zero attached hydrogens (tertiary/aromatic N) is 3. The Morgan fingerprint density at radius 2 is 2.24 bits per heavy atom. The fourth-order valence-corrected chi connectivity index (χ4v) is 6.43. The molecule has 0 spiro atoms. The molecule has 3 heterocycles. The van der Waals surface area contributed by atoms with Gasteiger partial charge < -0.3 is 25.2 Å². The van der Waals surface area contributed by atoms with E-state index in [4.69, 9.17) is 15.6 Å². The van der Waals surface area contributed by atoms with Gasteiger partial charge in [0.2, 0.25) is 11.2 Å². The number of pyridine rings is 1. The van der Waals surface area contributed by atoms with E-state index in [1.165, 1.54) is 6.20 Å². The number of nitrogens with two attached hydrogens (primary N) is 1. The van der Waals surface area contributed by atoms with Gasteiger partial charge in [0.05, 0.1) is 11.6 Å². The van der Waals surface area contributed by atoms with Crippen LogP contribution < -0.4 is 30.5 Å². The monoisotopic (exact) mass is 456 g/mol. The third-order valence-corrected chi connectivity index (χ3v) is 8.05. The van der Waals surface area contributed by atoms with Gasteiger partial charge in [0, 0.05) is 32.1 Å². The van der Waals surface area contributed by atoms with Crippen molar-refractivity contribution in [1.82, 2.24) is 4.68 Å². The molecule has 2 bridgehead atoms. The molecule has 2 fully saturated rings. The maximum atomic E-state index is 15.6. The van der Waals surface area contributed by atoms with Crippen molar-refractivity contribution in [1.29, 1.82) is 0 Å². The Labute approximate surface area is 188 Å². The summed E-state index contributed by atoms with van der Waals surface area (Å²) in [5.74, 6) is 0.542. The van der Waals surface area contributed by atoms with Crippen LogP contribution in [0, 0.1) is 29.0 Å². The number of benzene rings is 1. The lowest BCUT2D eigenvalue weighted by Gasteiger charge is -2.49. The van der Waals surface area contributed by atoms with E-state index < -0.39 is 17.4 Å². The Bertz CT molecular complexity index is 1280. The maximum Gasteiger partial charge on any atom is 0.511 e. The minimum Gasteiger partial charge on any atom is -0.467 e. The first kappa shape index (κ1) is 20.3. The molecule has 0 radical (unpaired) electrons. The van der Waals surface area contributed by atoms with Crippen LogP contribution in [0.2, 0.25) is 0 Å². The second kappa shape index (κ2) is 6.86. The maximum absolute atomic E-state index is 15.6. The van der Waals surface area contributed by atoms with Crippen molar-refractivity contribution < 1.29 is 23.8 Å². The van der Waals surface area contributed by atoms with Gasteiger partial charge in [-0.1, -0.05) is 12.2 Å². The highest BCUT2D eigenvalue weighted by molar-refractivity contribution is 5.93. The molecule has 7 rings (SSSR count). The molecule has 33 heavy (non-hydrogen) atoms. The van der Waals surface area contributed by atoms with E-state index in [0.717, 1.165) is 18.9 Å². The molecule has 1 aromatic carbocycles. The number of anilines is 1. The summed E-state index contributed by atoms with van der Waals surface area (Å²) >= 11 is 0. The summed E-state index contributed by atoms with van der Waals surface area (Å²) < 4.78 is 27.8. The van der Waals surface area contributed by atoms with E-state index in [1.54, 1.807) is 16.7 Å². The number of rotatable bonds is 3. The van der Waals surface area contributed by atoms with Crippen LogP contribution >= 0.6 is 0 Å². The molecule has 4 atom stereocenters. The van der Waals surface area contributed by atoms with Crippen LogP contribution in [0.25, 0.3) is 10.9 Å². The molecule has 3 aliphatic carbocycles. The van der Waals surface area contributed by atoms with Gasteiger partial charge >= 0.3 is 6.16 Å². The van der Waals surface area contributed by atoms with Gasteiger partial charge in [-0.3, -0.25) is 14.5 Å². The molecule has 0 amide bonds. The SMILES string of the molecule is CN1COc2c(N3CC4C5C=CC(CN)(CC5)C4C3)c(F)cc3c(=O)c(OC(=O)O)cn1c23. The molecule has 4 unspecified atom stereocenters. The van der Waals surface area contributed by atoms with Gasteiger partial charge in [-0.25, -0.2) is 9.18 Å². The minimum atomic E-state index is -1.61. The average molecular weight is 456 g/mol. The Morgan fingerprint density at radius 3 is 2.94 bits per heavy atom. The molecule has 5 aliphatic rings. The van der Waals surface area contributed by atoms with Crippen LogP contribution in [0.1, 0.15) is 12.8 Å². The van der Waals surface area contributed by atoms with E-state index in [2.05, 4.69) is 16.9 Å². The number of hydrogen-bond donors (Lipinski definition) is 2. The van der Waals surface area contributed by atoms with Gasteiger partial charge in [0.1, 0.15) is 11.2 Å². The second-order valence-corrected chi connectivity index (χ2v) is 9.57. The van der Waals surface area contributed by atoms with Crippen molar-refractivity contribution in [3.8, 4) is 11.5 Å². The van der Waals surface area contributed by atoms with Crippen molar-refractivity contribution in [3.05, 3.63) is 40.5 Å². The topological polar surface area (TPSA) is 110 Å².